The number of nitrogens with one attached hydrogen (secondary N) is 1. The average Bonchev–Trinajstić information content (AvgIpc) is 3.52. The van der Waals surface area contributed by atoms with E-state index in [0.717, 1.165) is 44.2 Å². The number of hydrogen-bond donors (Lipinski definition) is 2. The molecule has 1 amide bonds. The molecule has 17 heteroatoms. The van der Waals surface area contributed by atoms with Crippen LogP contribution in [0, 0.1) is 0 Å². The van der Waals surface area contributed by atoms with Gasteiger partial charge in [0.2, 0.25) is 6.10 Å². The second-order valence-corrected chi connectivity index (χ2v) is 12.1. The molecule has 17 nitrogen and oxygen atoms in total. The summed E-state index contributed by atoms with van der Waals surface area (Å²) in [5, 5.41) is 20.4. The zero-order chi connectivity index (χ0) is 38.3. The molecular formula is C36H49N5O12. The molecule has 1 saturated heterocycles. The minimum Gasteiger partial charge on any atom is -0.493 e. The van der Waals surface area contributed by atoms with Crippen LogP contribution in [0.15, 0.2) is 30.9 Å². The van der Waals surface area contributed by atoms with Crippen molar-refractivity contribution in [2.75, 3.05) is 46.0 Å². The monoisotopic (exact) mass is 743 g/mol. The number of aromatic nitrogens is 4. The Morgan fingerprint density at radius 3 is 1.85 bits per heavy atom. The molecule has 1 fully saturated rings. The van der Waals surface area contributed by atoms with Crippen LogP contribution in [0.3, 0.4) is 0 Å². The zero-order valence-electron chi connectivity index (χ0n) is 30.8. The highest BCUT2D eigenvalue weighted by Gasteiger charge is 2.32. The van der Waals surface area contributed by atoms with Gasteiger partial charge in [-0.15, -0.1) is 0 Å². The second-order valence-electron chi connectivity index (χ2n) is 12.1. The van der Waals surface area contributed by atoms with E-state index in [4.69, 9.17) is 18.9 Å². The number of carbonyl (C=O) groups is 4. The Balaban J connectivity index is 0.000000225. The molecule has 2 aliphatic carbocycles. The molecule has 0 radical (unpaired) electrons. The Labute approximate surface area is 307 Å². The first-order chi connectivity index (χ1) is 25.6. The van der Waals surface area contributed by atoms with E-state index in [0.29, 0.717) is 24.7 Å². The number of nitrogens with zero attached hydrogens (tertiary/aromatic N) is 4. The summed E-state index contributed by atoms with van der Waals surface area (Å²) in [5.41, 5.74) is 5.92. The number of aliphatic hydroxyl groups excluding tert-OH is 1. The molecule has 1 aliphatic heterocycles. The van der Waals surface area contributed by atoms with Gasteiger partial charge in [0.15, 0.2) is 23.7 Å². The molecule has 2 N–H and O–H groups in total. The number of anilines is 1. The van der Waals surface area contributed by atoms with E-state index in [1.807, 2.05) is 0 Å². The first-order valence-corrected chi connectivity index (χ1v) is 17.7. The summed E-state index contributed by atoms with van der Waals surface area (Å²) in [7, 11) is 3.05. The quantitative estimate of drug-likeness (QED) is 0.139. The molecule has 3 atom stereocenters. The number of ether oxygens (including phenoxy) is 7. The van der Waals surface area contributed by atoms with Crippen LogP contribution in [-0.4, -0.2) is 108 Å². The molecule has 3 unspecified atom stereocenters. The summed E-state index contributed by atoms with van der Waals surface area (Å²) >= 11 is 0. The molecule has 2 aromatic heterocycles. The number of hydrogen-bond acceptors (Lipinski definition) is 14. The Morgan fingerprint density at radius 2 is 1.36 bits per heavy atom. The summed E-state index contributed by atoms with van der Waals surface area (Å²) in [4.78, 5) is 46.7. The zero-order valence-corrected chi connectivity index (χ0v) is 30.8. The molecule has 3 heterocycles. The number of amides is 1. The van der Waals surface area contributed by atoms with Crippen LogP contribution in [-0.2, 0) is 76.8 Å². The minimum atomic E-state index is -1.20. The van der Waals surface area contributed by atoms with Gasteiger partial charge in [-0.1, -0.05) is 6.07 Å². The number of carbonyl (C=O) groups excluding carboxylic acids is 4. The molecule has 290 valence electrons. The van der Waals surface area contributed by atoms with Crippen molar-refractivity contribution >= 4 is 29.7 Å². The molecule has 1 aromatic carbocycles. The molecule has 0 bridgehead atoms. The summed E-state index contributed by atoms with van der Waals surface area (Å²) in [6.07, 6.45) is 9.20. The Morgan fingerprint density at radius 1 is 0.830 bits per heavy atom. The molecule has 53 heavy (non-hydrogen) atoms. The van der Waals surface area contributed by atoms with Gasteiger partial charge in [0, 0.05) is 0 Å². The van der Waals surface area contributed by atoms with Crippen LogP contribution in [0.4, 0.5) is 10.5 Å². The van der Waals surface area contributed by atoms with Gasteiger partial charge in [-0.05, 0) is 81.5 Å². The Kier molecular flexibility index (Phi) is 15.5. The smallest absolute Gasteiger partial charge is 0.412 e. The van der Waals surface area contributed by atoms with Crippen LogP contribution in [0.1, 0.15) is 55.9 Å². The highest BCUT2D eigenvalue weighted by atomic mass is 16.6. The molecule has 3 aromatic rings. The lowest BCUT2D eigenvalue weighted by molar-refractivity contribution is -0.154. The Hall–Kier alpha value is -5.16. The number of epoxide rings is 1. The number of benzene rings is 1. The summed E-state index contributed by atoms with van der Waals surface area (Å²) in [6.45, 7) is 6.70. The van der Waals surface area contributed by atoms with Crippen molar-refractivity contribution in [2.45, 2.75) is 90.7 Å². The standard InChI is InChI=1S/C22H27N3O5.C9H14N2O4.C5H8O3/c1-3-29-21(26)19(13-25-12-16(28-2)11-23-25)30-22(27)24-20-17-8-4-6-14(17)10-15-7-5-9-18(15)20;1-3-15-9(13)8(12)6-11-5-7(14-2)4-10-11;1-2-7-5(6)4-3-8-4/h10-12,19H,3-9,13H2,1-2H3,(H,24,27);4-5,8,12H,3,6H2,1-2H3;4H,2-3H2,1H3. The van der Waals surface area contributed by atoms with E-state index in [9.17, 15) is 24.3 Å². The van der Waals surface area contributed by atoms with Crippen LogP contribution >= 0.6 is 0 Å². The van der Waals surface area contributed by atoms with Crippen LogP contribution in [0.2, 0.25) is 0 Å². The van der Waals surface area contributed by atoms with Gasteiger partial charge in [-0.2, -0.15) is 10.2 Å². The largest absolute Gasteiger partial charge is 0.493 e. The average molecular weight is 744 g/mol. The van der Waals surface area contributed by atoms with E-state index in [1.165, 1.54) is 58.2 Å². The normalized spacial score (nSPS) is 15.8. The van der Waals surface area contributed by atoms with Crippen molar-refractivity contribution < 1.29 is 57.4 Å². The number of fused-ring (bicyclic) bond motifs is 2. The lowest BCUT2D eigenvalue weighted by Gasteiger charge is -2.19. The highest BCUT2D eigenvalue weighted by molar-refractivity contribution is 5.90. The second kappa shape index (κ2) is 20.2. The predicted molar refractivity (Wildman–Crippen MR) is 188 cm³/mol. The highest BCUT2D eigenvalue weighted by Crippen LogP contribution is 2.38. The maximum atomic E-state index is 12.8. The molecule has 0 saturated carbocycles. The SMILES string of the molecule is CCOC(=O)C(Cn1cc(OC)cn1)OC(=O)Nc1c2c(cc3c1CCC3)CCC2.CCOC(=O)C(O)Cn1cc(OC)cn1.CCOC(=O)C1CO1. The first kappa shape index (κ1) is 40.6. The maximum absolute atomic E-state index is 12.8. The van der Waals surface area contributed by atoms with Crippen molar-refractivity contribution in [3.05, 3.63) is 53.1 Å². The van der Waals surface area contributed by atoms with Gasteiger partial charge < -0.3 is 38.3 Å². The summed E-state index contributed by atoms with van der Waals surface area (Å²) in [5.74, 6) is -0.353. The number of rotatable bonds is 14. The predicted octanol–water partition coefficient (Wildman–Crippen LogP) is 2.81. The van der Waals surface area contributed by atoms with Crippen molar-refractivity contribution in [2.24, 2.45) is 0 Å². The van der Waals surface area contributed by atoms with E-state index >= 15 is 0 Å². The third kappa shape index (κ3) is 11.9. The van der Waals surface area contributed by atoms with Gasteiger partial charge in [0.05, 0.1) is 84.2 Å². The maximum Gasteiger partial charge on any atom is 0.412 e. The van der Waals surface area contributed by atoms with Gasteiger partial charge in [0.25, 0.3) is 0 Å². The Bertz CT molecular complexity index is 1650. The van der Waals surface area contributed by atoms with E-state index in [1.54, 1.807) is 33.2 Å². The van der Waals surface area contributed by atoms with Gasteiger partial charge >= 0.3 is 24.0 Å². The van der Waals surface area contributed by atoms with Crippen LogP contribution < -0.4 is 14.8 Å². The topological polar surface area (TPSA) is 204 Å². The fourth-order valence-electron chi connectivity index (χ4n) is 5.80. The molecule has 3 aliphatic rings. The lowest BCUT2D eigenvalue weighted by atomic mass is 9.99. The first-order valence-electron chi connectivity index (χ1n) is 17.7. The lowest BCUT2D eigenvalue weighted by Crippen LogP contribution is -2.35. The van der Waals surface area contributed by atoms with Crippen molar-refractivity contribution in [1.82, 2.24) is 19.6 Å². The molecule has 6 rings (SSSR count). The van der Waals surface area contributed by atoms with Crippen molar-refractivity contribution in [3.8, 4) is 11.5 Å². The summed E-state index contributed by atoms with van der Waals surface area (Å²) in [6, 6.07) is 2.30. The van der Waals surface area contributed by atoms with Gasteiger partial charge in [-0.3, -0.25) is 14.7 Å². The summed E-state index contributed by atoms with van der Waals surface area (Å²) < 4.78 is 37.4. The van der Waals surface area contributed by atoms with E-state index in [2.05, 4.69) is 35.8 Å². The van der Waals surface area contributed by atoms with Gasteiger partial charge in [-0.25, -0.2) is 19.2 Å². The van der Waals surface area contributed by atoms with Crippen LogP contribution in [0.25, 0.3) is 0 Å². The fourth-order valence-corrected chi connectivity index (χ4v) is 5.80. The fraction of sp³-hybridized carbons (Fsp3) is 0.556. The third-order valence-corrected chi connectivity index (χ3v) is 8.34. The number of aliphatic hydroxyl groups is 1. The van der Waals surface area contributed by atoms with E-state index < -0.39 is 30.2 Å². The number of aryl methyl sites for hydroxylation is 2. The number of esters is 3. The van der Waals surface area contributed by atoms with Crippen molar-refractivity contribution in [1.29, 1.82) is 0 Å². The van der Waals surface area contributed by atoms with E-state index in [-0.39, 0.29) is 38.4 Å². The minimum absolute atomic E-state index is 0.0423. The van der Waals surface area contributed by atoms with Crippen molar-refractivity contribution in [3.63, 3.8) is 0 Å². The number of methoxy groups -OCH3 is 2. The third-order valence-electron chi connectivity index (χ3n) is 8.34. The molecular weight excluding hydrogens is 694 g/mol. The van der Waals surface area contributed by atoms with Crippen LogP contribution in [0.5, 0.6) is 11.5 Å². The molecule has 0 spiro atoms. The van der Waals surface area contributed by atoms with Gasteiger partial charge in [0.1, 0.15) is 0 Å².